The van der Waals surface area contributed by atoms with Crippen molar-refractivity contribution >= 4 is 11.8 Å². The summed E-state index contributed by atoms with van der Waals surface area (Å²) in [5, 5.41) is 2.87. The van der Waals surface area contributed by atoms with E-state index in [0.29, 0.717) is 44.2 Å². The van der Waals surface area contributed by atoms with Gasteiger partial charge >= 0.3 is 0 Å². The van der Waals surface area contributed by atoms with Crippen LogP contribution in [0.5, 0.6) is 11.5 Å². The molecule has 1 aromatic carbocycles. The first kappa shape index (κ1) is 20.0. The summed E-state index contributed by atoms with van der Waals surface area (Å²) in [6.45, 7) is 7.06. The molecule has 0 bridgehead atoms. The molecule has 0 spiro atoms. The highest BCUT2D eigenvalue weighted by atomic mass is 16.5. The Morgan fingerprint density at radius 3 is 2.54 bits per heavy atom. The molecule has 7 heteroatoms. The molecule has 1 heterocycles. The zero-order valence-electron chi connectivity index (χ0n) is 16.1. The van der Waals surface area contributed by atoms with Crippen molar-refractivity contribution in [2.24, 2.45) is 0 Å². The van der Waals surface area contributed by atoms with Gasteiger partial charge in [0.05, 0.1) is 26.7 Å². The van der Waals surface area contributed by atoms with Crippen LogP contribution in [0.15, 0.2) is 18.2 Å². The SMILES string of the molecule is CCN(CC)C(=O)C[C@H]1C(=O)NCCN1Cc1ccc(OC)c(OC)c1. The first-order valence-corrected chi connectivity index (χ1v) is 9.04. The van der Waals surface area contributed by atoms with E-state index in [1.54, 1.807) is 19.1 Å². The molecule has 0 unspecified atom stereocenters. The molecule has 0 aromatic heterocycles. The van der Waals surface area contributed by atoms with Gasteiger partial charge in [-0.3, -0.25) is 14.5 Å². The number of nitrogens with zero attached hydrogens (tertiary/aromatic N) is 2. The summed E-state index contributed by atoms with van der Waals surface area (Å²) >= 11 is 0. The molecule has 1 fully saturated rings. The van der Waals surface area contributed by atoms with Gasteiger partial charge in [-0.2, -0.15) is 0 Å². The minimum absolute atomic E-state index is 0.00867. The number of rotatable bonds is 8. The van der Waals surface area contributed by atoms with E-state index in [-0.39, 0.29) is 18.2 Å². The van der Waals surface area contributed by atoms with Crippen molar-refractivity contribution in [2.45, 2.75) is 32.9 Å². The predicted molar refractivity (Wildman–Crippen MR) is 99.3 cm³/mol. The molecule has 7 nitrogen and oxygen atoms in total. The molecule has 2 amide bonds. The van der Waals surface area contributed by atoms with Gasteiger partial charge < -0.3 is 19.7 Å². The molecule has 1 aromatic rings. The van der Waals surface area contributed by atoms with Gasteiger partial charge in [-0.25, -0.2) is 0 Å². The summed E-state index contributed by atoms with van der Waals surface area (Å²) in [7, 11) is 3.20. The van der Waals surface area contributed by atoms with E-state index in [0.717, 1.165) is 5.56 Å². The fourth-order valence-electron chi connectivity index (χ4n) is 3.26. The molecule has 26 heavy (non-hydrogen) atoms. The number of carbonyl (C=O) groups is 2. The van der Waals surface area contributed by atoms with Crippen LogP contribution in [-0.4, -0.2) is 68.1 Å². The number of hydrogen-bond donors (Lipinski definition) is 1. The van der Waals surface area contributed by atoms with Crippen molar-refractivity contribution in [1.82, 2.24) is 15.1 Å². The van der Waals surface area contributed by atoms with E-state index >= 15 is 0 Å². The van der Waals surface area contributed by atoms with Crippen molar-refractivity contribution in [3.63, 3.8) is 0 Å². The van der Waals surface area contributed by atoms with Crippen LogP contribution in [0.2, 0.25) is 0 Å². The van der Waals surface area contributed by atoms with Gasteiger partial charge in [0.2, 0.25) is 11.8 Å². The second kappa shape index (κ2) is 9.43. The summed E-state index contributed by atoms with van der Waals surface area (Å²) < 4.78 is 10.6. The van der Waals surface area contributed by atoms with Crippen molar-refractivity contribution in [2.75, 3.05) is 40.4 Å². The summed E-state index contributed by atoms with van der Waals surface area (Å²) in [6, 6.07) is 5.27. The molecule has 0 radical (unpaired) electrons. The first-order valence-electron chi connectivity index (χ1n) is 9.04. The van der Waals surface area contributed by atoms with E-state index in [1.165, 1.54) is 0 Å². The van der Waals surface area contributed by atoms with E-state index in [9.17, 15) is 9.59 Å². The lowest BCUT2D eigenvalue weighted by Crippen LogP contribution is -2.56. The van der Waals surface area contributed by atoms with E-state index < -0.39 is 6.04 Å². The number of amides is 2. The molecular formula is C19H29N3O4. The Morgan fingerprint density at radius 1 is 1.23 bits per heavy atom. The number of piperazine rings is 1. The number of nitrogens with one attached hydrogen (secondary N) is 1. The maximum Gasteiger partial charge on any atom is 0.237 e. The summed E-state index contributed by atoms with van der Waals surface area (Å²) in [6.07, 6.45) is 0.195. The second-order valence-corrected chi connectivity index (χ2v) is 6.24. The fourth-order valence-corrected chi connectivity index (χ4v) is 3.26. The average molecular weight is 363 g/mol. The normalized spacial score (nSPS) is 17.5. The molecule has 0 saturated carbocycles. The van der Waals surface area contributed by atoms with Crippen LogP contribution in [0.1, 0.15) is 25.8 Å². The molecule has 1 atom stereocenters. The third-order valence-electron chi connectivity index (χ3n) is 4.76. The van der Waals surface area contributed by atoms with Crippen molar-refractivity contribution in [3.05, 3.63) is 23.8 Å². The van der Waals surface area contributed by atoms with E-state index in [1.807, 2.05) is 32.0 Å². The lowest BCUT2D eigenvalue weighted by molar-refractivity contribution is -0.138. The Labute approximate surface area is 155 Å². The van der Waals surface area contributed by atoms with Gasteiger partial charge in [0, 0.05) is 32.7 Å². The minimum atomic E-state index is -0.454. The Balaban J connectivity index is 2.14. The highest BCUT2D eigenvalue weighted by molar-refractivity contribution is 5.88. The number of ether oxygens (including phenoxy) is 2. The quantitative estimate of drug-likeness (QED) is 0.753. The lowest BCUT2D eigenvalue weighted by Gasteiger charge is -2.35. The second-order valence-electron chi connectivity index (χ2n) is 6.24. The Bertz CT molecular complexity index is 631. The van der Waals surface area contributed by atoms with Crippen LogP contribution >= 0.6 is 0 Å². The fraction of sp³-hybridized carbons (Fsp3) is 0.579. The van der Waals surface area contributed by atoms with Crippen molar-refractivity contribution in [1.29, 1.82) is 0 Å². The van der Waals surface area contributed by atoms with E-state index in [4.69, 9.17) is 9.47 Å². The predicted octanol–water partition coefficient (Wildman–Crippen LogP) is 1.26. The van der Waals surface area contributed by atoms with Crippen molar-refractivity contribution in [3.8, 4) is 11.5 Å². The third kappa shape index (κ3) is 4.66. The monoisotopic (exact) mass is 363 g/mol. The highest BCUT2D eigenvalue weighted by Gasteiger charge is 2.32. The number of methoxy groups -OCH3 is 2. The minimum Gasteiger partial charge on any atom is -0.493 e. The maximum atomic E-state index is 12.5. The summed E-state index contributed by atoms with van der Waals surface area (Å²) in [5.74, 6) is 1.25. The molecule has 2 rings (SSSR count). The number of hydrogen-bond acceptors (Lipinski definition) is 5. The van der Waals surface area contributed by atoms with Crippen LogP contribution in [0, 0.1) is 0 Å². The van der Waals surface area contributed by atoms with Crippen LogP contribution in [0.3, 0.4) is 0 Å². The van der Waals surface area contributed by atoms with Gasteiger partial charge in [0.25, 0.3) is 0 Å². The Kier molecular flexibility index (Phi) is 7.26. The number of benzene rings is 1. The number of carbonyl (C=O) groups excluding carboxylic acids is 2. The highest BCUT2D eigenvalue weighted by Crippen LogP contribution is 2.28. The molecule has 0 aliphatic carbocycles. The molecular weight excluding hydrogens is 334 g/mol. The smallest absolute Gasteiger partial charge is 0.237 e. The largest absolute Gasteiger partial charge is 0.493 e. The Morgan fingerprint density at radius 2 is 1.92 bits per heavy atom. The maximum absolute atomic E-state index is 12.5. The zero-order valence-corrected chi connectivity index (χ0v) is 16.1. The van der Waals surface area contributed by atoms with Crippen LogP contribution in [0.4, 0.5) is 0 Å². The van der Waals surface area contributed by atoms with Gasteiger partial charge in [-0.15, -0.1) is 0 Å². The van der Waals surface area contributed by atoms with Gasteiger partial charge in [-0.05, 0) is 31.5 Å². The molecule has 1 aliphatic rings. The first-order chi connectivity index (χ1) is 12.5. The van der Waals surface area contributed by atoms with Crippen LogP contribution < -0.4 is 14.8 Å². The van der Waals surface area contributed by atoms with Gasteiger partial charge in [-0.1, -0.05) is 6.07 Å². The third-order valence-corrected chi connectivity index (χ3v) is 4.76. The van der Waals surface area contributed by atoms with Crippen LogP contribution in [-0.2, 0) is 16.1 Å². The van der Waals surface area contributed by atoms with E-state index in [2.05, 4.69) is 10.2 Å². The zero-order chi connectivity index (χ0) is 19.1. The topological polar surface area (TPSA) is 71.1 Å². The Hall–Kier alpha value is -2.28. The average Bonchev–Trinajstić information content (AvgIpc) is 2.65. The van der Waals surface area contributed by atoms with Gasteiger partial charge in [0.15, 0.2) is 11.5 Å². The summed E-state index contributed by atoms with van der Waals surface area (Å²) in [5.41, 5.74) is 1.01. The van der Waals surface area contributed by atoms with Crippen LogP contribution in [0.25, 0.3) is 0 Å². The van der Waals surface area contributed by atoms with Crippen molar-refractivity contribution < 1.29 is 19.1 Å². The van der Waals surface area contributed by atoms with Gasteiger partial charge in [0.1, 0.15) is 0 Å². The standard InChI is InChI=1S/C19H29N3O4/c1-5-21(6-2)18(23)12-15-19(24)20-9-10-22(15)13-14-7-8-16(25-3)17(11-14)26-4/h7-8,11,15H,5-6,9-10,12-13H2,1-4H3,(H,20,24)/t15-/m0/s1. The lowest BCUT2D eigenvalue weighted by atomic mass is 10.1. The molecule has 1 aliphatic heterocycles. The summed E-state index contributed by atoms with van der Waals surface area (Å²) in [4.78, 5) is 28.7. The molecule has 144 valence electrons. The molecule has 1 saturated heterocycles. The molecule has 1 N–H and O–H groups in total.